The molecule has 0 fully saturated rings. The van der Waals surface area contributed by atoms with E-state index in [9.17, 15) is 0 Å². The average Bonchev–Trinajstić information content (AvgIpc) is 2.40. The molecule has 0 aliphatic rings. The molecular formula is C14H17N3. The largest absolute Gasteiger partial charge is 0.330 e. The summed E-state index contributed by atoms with van der Waals surface area (Å²) in [6.45, 7) is 2.89. The summed E-state index contributed by atoms with van der Waals surface area (Å²) in [6, 6.07) is 6.17. The summed E-state index contributed by atoms with van der Waals surface area (Å²) >= 11 is 0. The predicted octanol–water partition coefficient (Wildman–Crippen LogP) is 2.60. The van der Waals surface area contributed by atoms with Gasteiger partial charge in [0.1, 0.15) is 0 Å². The van der Waals surface area contributed by atoms with Gasteiger partial charge < -0.3 is 5.73 Å². The number of rotatable bonds is 4. The first-order chi connectivity index (χ1) is 8.31. The van der Waals surface area contributed by atoms with E-state index in [2.05, 4.69) is 23.0 Å². The third-order valence-corrected chi connectivity index (χ3v) is 2.94. The summed E-state index contributed by atoms with van der Waals surface area (Å²) in [5.74, 6) is 0.453. The van der Waals surface area contributed by atoms with Crippen LogP contribution >= 0.6 is 0 Å². The molecule has 0 bridgehead atoms. The van der Waals surface area contributed by atoms with Crippen molar-refractivity contribution < 1.29 is 0 Å². The van der Waals surface area contributed by atoms with Crippen molar-refractivity contribution in [3.63, 3.8) is 0 Å². The smallest absolute Gasteiger partial charge is 0.0346 e. The lowest BCUT2D eigenvalue weighted by Gasteiger charge is -2.11. The van der Waals surface area contributed by atoms with Crippen molar-refractivity contribution in [1.82, 2.24) is 9.97 Å². The van der Waals surface area contributed by atoms with Crippen LogP contribution in [-0.4, -0.2) is 16.5 Å². The molecule has 88 valence electrons. The van der Waals surface area contributed by atoms with Gasteiger partial charge in [-0.15, -0.1) is 0 Å². The van der Waals surface area contributed by atoms with Crippen LogP contribution in [-0.2, 0) is 0 Å². The highest BCUT2D eigenvalue weighted by atomic mass is 14.6. The van der Waals surface area contributed by atoms with Crippen LogP contribution in [0.2, 0.25) is 0 Å². The Bertz CT molecular complexity index is 468. The molecule has 2 aromatic heterocycles. The minimum absolute atomic E-state index is 0.453. The molecule has 0 radical (unpaired) electrons. The summed E-state index contributed by atoms with van der Waals surface area (Å²) in [5.41, 5.74) is 9.11. The fourth-order valence-electron chi connectivity index (χ4n) is 1.85. The van der Waals surface area contributed by atoms with Crippen LogP contribution in [0.5, 0.6) is 0 Å². The van der Waals surface area contributed by atoms with Crippen molar-refractivity contribution in [2.75, 3.05) is 6.54 Å². The number of pyridine rings is 2. The Hall–Kier alpha value is -1.74. The lowest BCUT2D eigenvalue weighted by molar-refractivity contribution is 0.687. The van der Waals surface area contributed by atoms with Crippen LogP contribution in [0.4, 0.5) is 0 Å². The van der Waals surface area contributed by atoms with Crippen molar-refractivity contribution in [1.29, 1.82) is 0 Å². The first-order valence-corrected chi connectivity index (χ1v) is 5.86. The lowest BCUT2D eigenvalue weighted by Crippen LogP contribution is -2.04. The van der Waals surface area contributed by atoms with E-state index >= 15 is 0 Å². The number of nitrogens with two attached hydrogens (primary N) is 1. The fourth-order valence-corrected chi connectivity index (χ4v) is 1.85. The van der Waals surface area contributed by atoms with Crippen molar-refractivity contribution in [2.24, 2.45) is 5.73 Å². The molecule has 0 aromatic carbocycles. The van der Waals surface area contributed by atoms with Crippen LogP contribution in [0.1, 0.15) is 24.8 Å². The van der Waals surface area contributed by atoms with E-state index in [1.165, 1.54) is 5.56 Å². The maximum atomic E-state index is 5.59. The van der Waals surface area contributed by atoms with Gasteiger partial charge in [0, 0.05) is 30.4 Å². The van der Waals surface area contributed by atoms with Gasteiger partial charge in [-0.05, 0) is 48.2 Å². The van der Waals surface area contributed by atoms with Crippen molar-refractivity contribution in [3.8, 4) is 11.1 Å². The Labute approximate surface area is 102 Å². The zero-order valence-corrected chi connectivity index (χ0v) is 10.0. The standard InChI is InChI=1S/C14H17N3/c1-11(2-5-15)13-8-14(10-17-9-13)12-3-6-16-7-4-12/h3-4,6-11H,2,5,15H2,1H3. The number of hydrogen-bond acceptors (Lipinski definition) is 3. The van der Waals surface area contributed by atoms with Crippen LogP contribution in [0.3, 0.4) is 0 Å². The summed E-state index contributed by atoms with van der Waals surface area (Å²) < 4.78 is 0. The van der Waals surface area contributed by atoms with E-state index in [-0.39, 0.29) is 0 Å². The Kier molecular flexibility index (Phi) is 3.83. The lowest BCUT2D eigenvalue weighted by atomic mass is 9.97. The Morgan fingerprint density at radius 3 is 2.59 bits per heavy atom. The van der Waals surface area contributed by atoms with Gasteiger partial charge in [0.25, 0.3) is 0 Å². The van der Waals surface area contributed by atoms with Gasteiger partial charge in [0.2, 0.25) is 0 Å². The molecule has 2 heterocycles. The fraction of sp³-hybridized carbons (Fsp3) is 0.286. The topological polar surface area (TPSA) is 51.8 Å². The van der Waals surface area contributed by atoms with E-state index < -0.39 is 0 Å². The van der Waals surface area contributed by atoms with E-state index in [0.717, 1.165) is 17.5 Å². The predicted molar refractivity (Wildman–Crippen MR) is 69.6 cm³/mol. The van der Waals surface area contributed by atoms with Crippen LogP contribution in [0.25, 0.3) is 11.1 Å². The number of nitrogens with zero attached hydrogens (tertiary/aromatic N) is 2. The molecule has 1 unspecified atom stereocenters. The second-order valence-corrected chi connectivity index (χ2v) is 4.22. The maximum Gasteiger partial charge on any atom is 0.0346 e. The molecule has 3 nitrogen and oxygen atoms in total. The Morgan fingerprint density at radius 2 is 1.88 bits per heavy atom. The van der Waals surface area contributed by atoms with Crippen molar-refractivity contribution in [3.05, 3.63) is 48.5 Å². The summed E-state index contributed by atoms with van der Waals surface area (Å²) in [4.78, 5) is 8.32. The quantitative estimate of drug-likeness (QED) is 0.873. The van der Waals surface area contributed by atoms with Gasteiger partial charge in [0.15, 0.2) is 0 Å². The van der Waals surface area contributed by atoms with Gasteiger partial charge in [-0.1, -0.05) is 6.92 Å². The van der Waals surface area contributed by atoms with Gasteiger partial charge in [-0.3, -0.25) is 9.97 Å². The molecule has 2 rings (SSSR count). The van der Waals surface area contributed by atoms with E-state index in [4.69, 9.17) is 5.73 Å². The zero-order valence-electron chi connectivity index (χ0n) is 10.0. The van der Waals surface area contributed by atoms with Gasteiger partial charge in [-0.25, -0.2) is 0 Å². The monoisotopic (exact) mass is 227 g/mol. The first-order valence-electron chi connectivity index (χ1n) is 5.86. The summed E-state index contributed by atoms with van der Waals surface area (Å²) in [7, 11) is 0. The van der Waals surface area contributed by atoms with Gasteiger partial charge in [0.05, 0.1) is 0 Å². The molecule has 0 saturated heterocycles. The van der Waals surface area contributed by atoms with Crippen LogP contribution < -0.4 is 5.73 Å². The SMILES string of the molecule is CC(CCN)c1cncc(-c2ccncc2)c1. The molecule has 0 aliphatic heterocycles. The van der Waals surface area contributed by atoms with E-state index in [1.54, 1.807) is 12.4 Å². The van der Waals surface area contributed by atoms with Gasteiger partial charge >= 0.3 is 0 Å². The molecule has 0 aliphatic carbocycles. The normalized spacial score (nSPS) is 12.4. The third kappa shape index (κ3) is 2.88. The van der Waals surface area contributed by atoms with E-state index in [0.29, 0.717) is 12.5 Å². The van der Waals surface area contributed by atoms with Crippen LogP contribution in [0, 0.1) is 0 Å². The molecule has 0 spiro atoms. The highest BCUT2D eigenvalue weighted by Gasteiger charge is 2.06. The number of hydrogen-bond donors (Lipinski definition) is 1. The minimum Gasteiger partial charge on any atom is -0.330 e. The van der Waals surface area contributed by atoms with Crippen molar-refractivity contribution >= 4 is 0 Å². The summed E-state index contributed by atoms with van der Waals surface area (Å²) in [6.07, 6.45) is 8.39. The maximum absolute atomic E-state index is 5.59. The molecule has 2 N–H and O–H groups in total. The second-order valence-electron chi connectivity index (χ2n) is 4.22. The third-order valence-electron chi connectivity index (χ3n) is 2.94. The van der Waals surface area contributed by atoms with Gasteiger partial charge in [-0.2, -0.15) is 0 Å². The first kappa shape index (κ1) is 11.7. The minimum atomic E-state index is 0.453. The average molecular weight is 227 g/mol. The van der Waals surface area contributed by atoms with Crippen molar-refractivity contribution in [2.45, 2.75) is 19.3 Å². The summed E-state index contributed by atoms with van der Waals surface area (Å²) in [5, 5.41) is 0. The molecule has 0 saturated carbocycles. The molecule has 2 aromatic rings. The zero-order chi connectivity index (χ0) is 12.1. The Morgan fingerprint density at radius 1 is 1.12 bits per heavy atom. The second kappa shape index (κ2) is 5.55. The number of aromatic nitrogens is 2. The molecule has 17 heavy (non-hydrogen) atoms. The van der Waals surface area contributed by atoms with Crippen LogP contribution in [0.15, 0.2) is 43.0 Å². The Balaban J connectivity index is 2.29. The molecular weight excluding hydrogens is 210 g/mol. The molecule has 3 heteroatoms. The molecule has 1 atom stereocenters. The molecule has 0 amide bonds. The highest BCUT2D eigenvalue weighted by Crippen LogP contribution is 2.23. The van der Waals surface area contributed by atoms with E-state index in [1.807, 2.05) is 24.5 Å². The highest BCUT2D eigenvalue weighted by molar-refractivity contribution is 5.62.